The Morgan fingerprint density at radius 3 is 3.06 bits per heavy atom. The van der Waals surface area contributed by atoms with Crippen molar-refractivity contribution in [1.82, 2.24) is 10.6 Å². The van der Waals surface area contributed by atoms with E-state index in [4.69, 9.17) is 0 Å². The van der Waals surface area contributed by atoms with Crippen LogP contribution in [0.3, 0.4) is 0 Å². The van der Waals surface area contributed by atoms with Gasteiger partial charge in [-0.2, -0.15) is 0 Å². The van der Waals surface area contributed by atoms with Crippen molar-refractivity contribution in [2.45, 2.75) is 25.4 Å². The van der Waals surface area contributed by atoms with Gasteiger partial charge in [0.05, 0.1) is 12.6 Å². The molecule has 1 fully saturated rings. The molecule has 3 nitrogen and oxygen atoms in total. The molecule has 1 aromatic heterocycles. The summed E-state index contributed by atoms with van der Waals surface area (Å²) in [6, 6.07) is 2.06. The second-order valence-electron chi connectivity index (χ2n) is 3.60. The molecule has 2 heterocycles. The van der Waals surface area contributed by atoms with Gasteiger partial charge >= 0.3 is 0 Å². The summed E-state index contributed by atoms with van der Waals surface area (Å²) in [6.45, 7) is 1.59. The zero-order valence-corrected chi connectivity index (χ0v) is 11.9. The van der Waals surface area contributed by atoms with Crippen molar-refractivity contribution in [3.63, 3.8) is 0 Å². The third-order valence-corrected chi connectivity index (χ3v) is 4.13. The Kier molecular flexibility index (Phi) is 5.75. The number of amides is 1. The summed E-state index contributed by atoms with van der Waals surface area (Å²) in [5, 5.41) is 8.15. The van der Waals surface area contributed by atoms with E-state index in [1.165, 1.54) is 4.88 Å². The van der Waals surface area contributed by atoms with E-state index >= 15 is 0 Å². The SMILES string of the molecule is Cl.O=C(NCc1cc(Br)cs1)C1CCCN1. The monoisotopic (exact) mass is 324 g/mol. The molecule has 0 aliphatic carbocycles. The van der Waals surface area contributed by atoms with Crippen LogP contribution in [0, 0.1) is 0 Å². The van der Waals surface area contributed by atoms with Crippen LogP contribution in [0.5, 0.6) is 0 Å². The van der Waals surface area contributed by atoms with Crippen LogP contribution in [-0.2, 0) is 11.3 Å². The van der Waals surface area contributed by atoms with Gasteiger partial charge in [0.25, 0.3) is 0 Å². The highest BCUT2D eigenvalue weighted by Crippen LogP contribution is 2.19. The van der Waals surface area contributed by atoms with E-state index < -0.39 is 0 Å². The Morgan fingerprint density at radius 1 is 1.69 bits per heavy atom. The normalized spacial score (nSPS) is 19.2. The topological polar surface area (TPSA) is 41.1 Å². The Labute approximate surface area is 114 Å². The molecular weight excluding hydrogens is 312 g/mol. The number of carbonyl (C=O) groups excluding carboxylic acids is 1. The van der Waals surface area contributed by atoms with Crippen molar-refractivity contribution < 1.29 is 4.79 Å². The van der Waals surface area contributed by atoms with E-state index in [1.807, 2.05) is 11.4 Å². The van der Waals surface area contributed by atoms with Crippen molar-refractivity contribution in [3.8, 4) is 0 Å². The van der Waals surface area contributed by atoms with Crippen molar-refractivity contribution in [1.29, 1.82) is 0 Å². The summed E-state index contributed by atoms with van der Waals surface area (Å²) in [5.74, 6) is 0.122. The number of carbonyl (C=O) groups is 1. The predicted octanol–water partition coefficient (Wildman–Crippen LogP) is 2.30. The predicted molar refractivity (Wildman–Crippen MR) is 72.1 cm³/mol. The van der Waals surface area contributed by atoms with Crippen molar-refractivity contribution >= 4 is 45.6 Å². The van der Waals surface area contributed by atoms with E-state index in [9.17, 15) is 4.79 Å². The molecule has 1 aromatic rings. The van der Waals surface area contributed by atoms with E-state index in [0.29, 0.717) is 6.54 Å². The number of nitrogens with one attached hydrogen (secondary N) is 2. The van der Waals surface area contributed by atoms with Crippen LogP contribution in [0.15, 0.2) is 15.9 Å². The summed E-state index contributed by atoms with van der Waals surface area (Å²) < 4.78 is 1.08. The third-order valence-electron chi connectivity index (χ3n) is 2.44. The van der Waals surface area contributed by atoms with Crippen LogP contribution >= 0.6 is 39.7 Å². The van der Waals surface area contributed by atoms with Gasteiger partial charge in [0.2, 0.25) is 5.91 Å². The lowest BCUT2D eigenvalue weighted by Crippen LogP contribution is -2.39. The van der Waals surface area contributed by atoms with Gasteiger partial charge in [-0.3, -0.25) is 4.79 Å². The highest BCUT2D eigenvalue weighted by Gasteiger charge is 2.21. The highest BCUT2D eigenvalue weighted by molar-refractivity contribution is 9.10. The van der Waals surface area contributed by atoms with Crippen LogP contribution in [-0.4, -0.2) is 18.5 Å². The maximum atomic E-state index is 11.6. The van der Waals surface area contributed by atoms with Crippen molar-refractivity contribution in [2.75, 3.05) is 6.54 Å². The average Bonchev–Trinajstić information content (AvgIpc) is 2.84. The van der Waals surface area contributed by atoms with Crippen LogP contribution in [0.4, 0.5) is 0 Å². The molecule has 1 aliphatic heterocycles. The van der Waals surface area contributed by atoms with Gasteiger partial charge in [0.1, 0.15) is 0 Å². The number of hydrogen-bond acceptors (Lipinski definition) is 3. The second kappa shape index (κ2) is 6.59. The molecule has 1 aliphatic rings. The zero-order valence-electron chi connectivity index (χ0n) is 8.66. The molecular formula is C10H14BrClN2OS. The number of rotatable bonds is 3. The minimum absolute atomic E-state index is 0. The molecule has 16 heavy (non-hydrogen) atoms. The van der Waals surface area contributed by atoms with Crippen LogP contribution in [0.2, 0.25) is 0 Å². The van der Waals surface area contributed by atoms with E-state index in [0.717, 1.165) is 23.9 Å². The van der Waals surface area contributed by atoms with Gasteiger partial charge in [-0.05, 0) is 41.4 Å². The van der Waals surface area contributed by atoms with E-state index in [1.54, 1.807) is 11.3 Å². The minimum atomic E-state index is 0. The molecule has 0 saturated carbocycles. The standard InChI is InChI=1S/C10H13BrN2OS.ClH/c11-7-4-8(15-6-7)5-13-10(14)9-2-1-3-12-9;/h4,6,9,12H,1-3,5H2,(H,13,14);1H. The Hall–Kier alpha value is -0.100. The number of halogens is 2. The van der Waals surface area contributed by atoms with Gasteiger partial charge in [0, 0.05) is 14.7 Å². The van der Waals surface area contributed by atoms with Crippen LogP contribution in [0.1, 0.15) is 17.7 Å². The summed E-state index contributed by atoms with van der Waals surface area (Å²) in [5.41, 5.74) is 0. The Morgan fingerprint density at radius 2 is 2.50 bits per heavy atom. The van der Waals surface area contributed by atoms with E-state index in [-0.39, 0.29) is 24.4 Å². The average molecular weight is 326 g/mol. The fraction of sp³-hybridized carbons (Fsp3) is 0.500. The van der Waals surface area contributed by atoms with E-state index in [2.05, 4.69) is 26.6 Å². The first-order valence-corrected chi connectivity index (χ1v) is 6.67. The molecule has 2 N–H and O–H groups in total. The van der Waals surface area contributed by atoms with Crippen LogP contribution < -0.4 is 10.6 Å². The molecule has 6 heteroatoms. The first-order valence-electron chi connectivity index (χ1n) is 5.00. The summed E-state index contributed by atoms with van der Waals surface area (Å²) in [6.07, 6.45) is 2.06. The number of hydrogen-bond donors (Lipinski definition) is 2. The lowest BCUT2D eigenvalue weighted by Gasteiger charge is -2.09. The molecule has 0 aromatic carbocycles. The van der Waals surface area contributed by atoms with Gasteiger partial charge in [-0.25, -0.2) is 0 Å². The fourth-order valence-electron chi connectivity index (χ4n) is 1.65. The van der Waals surface area contributed by atoms with Crippen LogP contribution in [0.25, 0.3) is 0 Å². The fourth-order valence-corrected chi connectivity index (χ4v) is 3.04. The molecule has 1 unspecified atom stereocenters. The largest absolute Gasteiger partial charge is 0.350 e. The zero-order chi connectivity index (χ0) is 10.7. The number of thiophene rings is 1. The van der Waals surface area contributed by atoms with Crippen molar-refractivity contribution in [2.24, 2.45) is 0 Å². The first kappa shape index (κ1) is 14.0. The molecule has 2 rings (SSSR count). The Bertz CT molecular complexity index is 352. The van der Waals surface area contributed by atoms with Crippen molar-refractivity contribution in [3.05, 3.63) is 20.8 Å². The molecule has 1 atom stereocenters. The third kappa shape index (κ3) is 3.73. The van der Waals surface area contributed by atoms with Gasteiger partial charge in [-0.15, -0.1) is 23.7 Å². The molecule has 1 saturated heterocycles. The maximum Gasteiger partial charge on any atom is 0.237 e. The molecule has 0 radical (unpaired) electrons. The summed E-state index contributed by atoms with van der Waals surface area (Å²) in [4.78, 5) is 12.8. The highest BCUT2D eigenvalue weighted by atomic mass is 79.9. The lowest BCUT2D eigenvalue weighted by atomic mass is 10.2. The Balaban J connectivity index is 0.00000128. The molecule has 0 spiro atoms. The van der Waals surface area contributed by atoms with Gasteiger partial charge < -0.3 is 10.6 Å². The van der Waals surface area contributed by atoms with Gasteiger partial charge in [0.15, 0.2) is 0 Å². The molecule has 1 amide bonds. The molecule has 0 bridgehead atoms. The minimum Gasteiger partial charge on any atom is -0.350 e. The lowest BCUT2D eigenvalue weighted by molar-refractivity contribution is -0.122. The van der Waals surface area contributed by atoms with Gasteiger partial charge in [-0.1, -0.05) is 0 Å². The molecule has 90 valence electrons. The quantitative estimate of drug-likeness (QED) is 0.895. The summed E-state index contributed by atoms with van der Waals surface area (Å²) >= 11 is 5.04. The second-order valence-corrected chi connectivity index (χ2v) is 5.51. The first-order chi connectivity index (χ1) is 7.25. The smallest absolute Gasteiger partial charge is 0.237 e. The summed E-state index contributed by atoms with van der Waals surface area (Å²) in [7, 11) is 0. The maximum absolute atomic E-state index is 11.6.